The Morgan fingerprint density at radius 3 is 2.87 bits per heavy atom. The minimum atomic E-state index is -0.595. The second-order valence-electron chi connectivity index (χ2n) is 5.44. The molecule has 2 aliphatic heterocycles. The van der Waals surface area contributed by atoms with Crippen molar-refractivity contribution in [2.24, 2.45) is 0 Å². The maximum Gasteiger partial charge on any atom is 0.252 e. The summed E-state index contributed by atoms with van der Waals surface area (Å²) in [6.45, 7) is 0.183. The van der Waals surface area contributed by atoms with Crippen molar-refractivity contribution in [3.8, 4) is 11.5 Å². The Bertz CT molecular complexity index is 803. The van der Waals surface area contributed by atoms with Gasteiger partial charge in [0.2, 0.25) is 12.7 Å². The molecule has 2 amide bonds. The number of fused-ring (bicyclic) bond motifs is 2. The molecule has 116 valence electrons. The third-order valence-corrected chi connectivity index (χ3v) is 3.95. The molecule has 0 radical (unpaired) electrons. The summed E-state index contributed by atoms with van der Waals surface area (Å²) in [6.07, 6.45) is 0.471. The Balaban J connectivity index is 1.51. The van der Waals surface area contributed by atoms with Crippen LogP contribution < -0.4 is 20.1 Å². The molecule has 1 atom stereocenters. The number of carbonyl (C=O) groups is 2. The van der Waals surface area contributed by atoms with Crippen LogP contribution in [0.2, 0.25) is 0 Å². The number of anilines is 1. The highest BCUT2D eigenvalue weighted by molar-refractivity contribution is 6.03. The number of carbonyl (C=O) groups excluding carboxylic acids is 2. The lowest BCUT2D eigenvalue weighted by atomic mass is 9.95. The smallest absolute Gasteiger partial charge is 0.252 e. The van der Waals surface area contributed by atoms with E-state index in [0.29, 0.717) is 29.2 Å². The van der Waals surface area contributed by atoms with Crippen LogP contribution in [0.15, 0.2) is 42.5 Å². The van der Waals surface area contributed by atoms with Crippen LogP contribution in [-0.4, -0.2) is 24.6 Å². The lowest BCUT2D eigenvalue weighted by molar-refractivity contribution is -0.118. The highest BCUT2D eigenvalue weighted by atomic mass is 16.7. The van der Waals surface area contributed by atoms with Crippen molar-refractivity contribution < 1.29 is 19.1 Å². The van der Waals surface area contributed by atoms with Gasteiger partial charge in [0.1, 0.15) is 6.04 Å². The number of ether oxygens (including phenoxy) is 2. The fourth-order valence-corrected chi connectivity index (χ4v) is 2.79. The molecule has 6 nitrogen and oxygen atoms in total. The summed E-state index contributed by atoms with van der Waals surface area (Å²) < 4.78 is 10.5. The molecule has 2 N–H and O–H groups in total. The molecule has 0 aromatic heterocycles. The van der Waals surface area contributed by atoms with Crippen molar-refractivity contribution >= 4 is 17.5 Å². The summed E-state index contributed by atoms with van der Waals surface area (Å²) in [5.74, 6) is 0.771. The first-order chi connectivity index (χ1) is 11.2. The molecule has 2 aromatic carbocycles. The molecule has 23 heavy (non-hydrogen) atoms. The number of hydrogen-bond donors (Lipinski definition) is 2. The van der Waals surface area contributed by atoms with Gasteiger partial charge in [0.15, 0.2) is 11.5 Å². The van der Waals surface area contributed by atoms with E-state index < -0.39 is 6.04 Å². The number of hydrogen-bond acceptors (Lipinski definition) is 4. The van der Waals surface area contributed by atoms with E-state index in [-0.39, 0.29) is 18.6 Å². The van der Waals surface area contributed by atoms with Crippen LogP contribution in [0, 0.1) is 0 Å². The van der Waals surface area contributed by atoms with Gasteiger partial charge < -0.3 is 20.1 Å². The molecular weight excluding hydrogens is 296 g/mol. The largest absolute Gasteiger partial charge is 0.454 e. The minimum absolute atomic E-state index is 0.183. The molecule has 1 unspecified atom stereocenters. The molecule has 6 heteroatoms. The Morgan fingerprint density at radius 2 is 1.96 bits per heavy atom. The Hall–Kier alpha value is -3.02. The van der Waals surface area contributed by atoms with Crippen molar-refractivity contribution in [1.29, 1.82) is 0 Å². The summed E-state index contributed by atoms with van der Waals surface area (Å²) in [4.78, 5) is 24.5. The SMILES string of the molecule is O=C1NC(C(=O)Nc2ccc3c(c2)OCO3)Cc2ccccc21. The zero-order valence-electron chi connectivity index (χ0n) is 12.2. The number of rotatable bonds is 2. The summed E-state index contributed by atoms with van der Waals surface area (Å²) in [5.41, 5.74) is 2.11. The normalized spacial score (nSPS) is 18.1. The molecule has 0 saturated heterocycles. The van der Waals surface area contributed by atoms with E-state index in [2.05, 4.69) is 10.6 Å². The van der Waals surface area contributed by atoms with E-state index in [1.54, 1.807) is 24.3 Å². The van der Waals surface area contributed by atoms with Crippen molar-refractivity contribution in [3.05, 3.63) is 53.6 Å². The maximum absolute atomic E-state index is 12.4. The van der Waals surface area contributed by atoms with Gasteiger partial charge in [0.25, 0.3) is 5.91 Å². The molecule has 0 saturated carbocycles. The lowest BCUT2D eigenvalue weighted by Gasteiger charge is -2.24. The maximum atomic E-state index is 12.4. The van der Waals surface area contributed by atoms with Gasteiger partial charge in [-0.3, -0.25) is 9.59 Å². The Kier molecular flexibility index (Phi) is 3.15. The third-order valence-electron chi connectivity index (χ3n) is 3.95. The quantitative estimate of drug-likeness (QED) is 0.885. The second-order valence-corrected chi connectivity index (χ2v) is 5.44. The van der Waals surface area contributed by atoms with Gasteiger partial charge in [-0.2, -0.15) is 0 Å². The molecule has 0 bridgehead atoms. The van der Waals surface area contributed by atoms with Crippen molar-refractivity contribution in [2.45, 2.75) is 12.5 Å². The number of benzene rings is 2. The van der Waals surface area contributed by atoms with Gasteiger partial charge in [0, 0.05) is 23.7 Å². The van der Waals surface area contributed by atoms with Gasteiger partial charge in [-0.1, -0.05) is 18.2 Å². The highest BCUT2D eigenvalue weighted by Gasteiger charge is 2.29. The predicted octanol–water partition coefficient (Wildman–Crippen LogP) is 1.71. The molecule has 4 rings (SSSR count). The predicted molar refractivity (Wildman–Crippen MR) is 82.6 cm³/mol. The molecule has 2 aliphatic rings. The molecule has 2 aromatic rings. The molecular formula is C17H14N2O4. The Labute approximate surface area is 132 Å². The van der Waals surface area contributed by atoms with Crippen molar-refractivity contribution in [3.63, 3.8) is 0 Å². The molecule has 0 fully saturated rings. The van der Waals surface area contributed by atoms with Gasteiger partial charge >= 0.3 is 0 Å². The average Bonchev–Trinajstić information content (AvgIpc) is 3.02. The fourth-order valence-electron chi connectivity index (χ4n) is 2.79. The van der Waals surface area contributed by atoms with Crippen LogP contribution in [0.4, 0.5) is 5.69 Å². The standard InChI is InChI=1S/C17H14N2O4/c20-16-12-4-2-1-3-10(12)7-13(19-16)17(21)18-11-5-6-14-15(8-11)23-9-22-14/h1-6,8,13H,7,9H2,(H,18,21)(H,19,20). The molecule has 0 aliphatic carbocycles. The van der Waals surface area contributed by atoms with Crippen LogP contribution in [0.25, 0.3) is 0 Å². The first-order valence-electron chi connectivity index (χ1n) is 7.30. The summed E-state index contributed by atoms with van der Waals surface area (Å²) in [6, 6.07) is 11.9. The highest BCUT2D eigenvalue weighted by Crippen LogP contribution is 2.34. The fraction of sp³-hybridized carbons (Fsp3) is 0.176. The van der Waals surface area contributed by atoms with Crippen LogP contribution in [0.1, 0.15) is 15.9 Å². The summed E-state index contributed by atoms with van der Waals surface area (Å²) in [5, 5.41) is 5.54. The van der Waals surface area contributed by atoms with Crippen molar-refractivity contribution in [2.75, 3.05) is 12.1 Å². The first kappa shape index (κ1) is 13.6. The zero-order valence-corrected chi connectivity index (χ0v) is 12.2. The first-order valence-corrected chi connectivity index (χ1v) is 7.30. The number of nitrogens with one attached hydrogen (secondary N) is 2. The van der Waals surface area contributed by atoms with Gasteiger partial charge in [-0.15, -0.1) is 0 Å². The van der Waals surface area contributed by atoms with Crippen LogP contribution in [0.5, 0.6) is 11.5 Å². The second kappa shape index (κ2) is 5.31. The van der Waals surface area contributed by atoms with E-state index in [1.165, 1.54) is 0 Å². The zero-order chi connectivity index (χ0) is 15.8. The van der Waals surface area contributed by atoms with Crippen LogP contribution >= 0.6 is 0 Å². The van der Waals surface area contributed by atoms with E-state index in [9.17, 15) is 9.59 Å². The van der Waals surface area contributed by atoms with Gasteiger partial charge in [-0.05, 0) is 23.8 Å². The van der Waals surface area contributed by atoms with Crippen LogP contribution in [0.3, 0.4) is 0 Å². The average molecular weight is 310 g/mol. The van der Waals surface area contributed by atoms with E-state index in [1.807, 2.05) is 18.2 Å². The van der Waals surface area contributed by atoms with E-state index in [4.69, 9.17) is 9.47 Å². The summed E-state index contributed by atoms with van der Waals surface area (Å²) >= 11 is 0. The lowest BCUT2D eigenvalue weighted by Crippen LogP contribution is -2.48. The van der Waals surface area contributed by atoms with Crippen molar-refractivity contribution in [1.82, 2.24) is 5.32 Å². The monoisotopic (exact) mass is 310 g/mol. The third kappa shape index (κ3) is 2.48. The molecule has 0 spiro atoms. The molecule has 2 heterocycles. The van der Waals surface area contributed by atoms with E-state index in [0.717, 1.165) is 5.56 Å². The Morgan fingerprint density at radius 1 is 1.13 bits per heavy atom. The van der Waals surface area contributed by atoms with Gasteiger partial charge in [0.05, 0.1) is 0 Å². The topological polar surface area (TPSA) is 76.7 Å². The minimum Gasteiger partial charge on any atom is -0.454 e. The van der Waals surface area contributed by atoms with E-state index >= 15 is 0 Å². The van der Waals surface area contributed by atoms with Gasteiger partial charge in [-0.25, -0.2) is 0 Å². The summed E-state index contributed by atoms with van der Waals surface area (Å²) in [7, 11) is 0. The van der Waals surface area contributed by atoms with Crippen LogP contribution in [-0.2, 0) is 11.2 Å². The number of amides is 2.